The Kier molecular flexibility index (Phi) is 3.97. The van der Waals surface area contributed by atoms with E-state index in [0.717, 1.165) is 25.9 Å². The lowest BCUT2D eigenvalue weighted by atomic mass is 10.4. The maximum atomic E-state index is 12.8. The second-order valence-corrected chi connectivity index (χ2v) is 7.03. The Morgan fingerprint density at radius 2 is 1.75 bits per heavy atom. The third kappa shape index (κ3) is 2.32. The molecule has 94 valence electrons. The molecule has 0 aromatic carbocycles. The van der Waals surface area contributed by atoms with Gasteiger partial charge in [0.1, 0.15) is 0 Å². The summed E-state index contributed by atoms with van der Waals surface area (Å²) in [5.41, 5.74) is 0. The number of hydrogen-bond donors (Lipinski definition) is 0. The van der Waals surface area contributed by atoms with Crippen molar-refractivity contribution in [1.82, 2.24) is 9.34 Å². The summed E-state index contributed by atoms with van der Waals surface area (Å²) in [6, 6.07) is 0.888. The summed E-state index contributed by atoms with van der Waals surface area (Å²) in [5, 5.41) is 0. The van der Waals surface area contributed by atoms with Crippen molar-refractivity contribution < 1.29 is 9.09 Å². The van der Waals surface area contributed by atoms with Crippen LogP contribution in [0.2, 0.25) is 0 Å². The first kappa shape index (κ1) is 12.8. The van der Waals surface area contributed by atoms with Crippen molar-refractivity contribution >= 4 is 19.3 Å². The molecule has 0 amide bonds. The summed E-state index contributed by atoms with van der Waals surface area (Å²) in [4.78, 5) is 0. The van der Waals surface area contributed by atoms with Crippen LogP contribution in [-0.2, 0) is 9.09 Å². The van der Waals surface area contributed by atoms with Crippen molar-refractivity contribution in [3.8, 4) is 0 Å². The lowest BCUT2D eigenvalue weighted by Crippen LogP contribution is -2.13. The molecule has 0 saturated carbocycles. The van der Waals surface area contributed by atoms with Crippen LogP contribution < -0.4 is 0 Å². The second kappa shape index (κ2) is 4.95. The Balaban J connectivity index is 2.00. The molecular weight excluding hydrogens is 247 g/mol. The van der Waals surface area contributed by atoms with Gasteiger partial charge in [0.2, 0.25) is 0 Å². The van der Waals surface area contributed by atoms with Crippen LogP contribution in [0.25, 0.3) is 0 Å². The van der Waals surface area contributed by atoms with Crippen LogP contribution in [0, 0.1) is 0 Å². The van der Waals surface area contributed by atoms with E-state index in [-0.39, 0.29) is 0 Å². The summed E-state index contributed by atoms with van der Waals surface area (Å²) in [5.74, 6) is 0.402. The van der Waals surface area contributed by atoms with Gasteiger partial charge >= 0.3 is 7.67 Å². The first-order valence-corrected chi connectivity index (χ1v) is 8.08. The summed E-state index contributed by atoms with van der Waals surface area (Å²) in [6.45, 7) is 6.43. The Labute approximate surface area is 102 Å². The van der Waals surface area contributed by atoms with E-state index >= 15 is 0 Å². The molecule has 3 unspecified atom stereocenters. The second-order valence-electron chi connectivity index (χ2n) is 4.38. The Hall–Kier alpha value is 0.400. The van der Waals surface area contributed by atoms with Crippen LogP contribution in [0.4, 0.5) is 0 Å². The molecule has 2 aliphatic rings. The molecule has 0 bridgehead atoms. The molecule has 0 spiro atoms. The average Bonchev–Trinajstić information content (AvgIpc) is 3.17. The van der Waals surface area contributed by atoms with Gasteiger partial charge in [0.25, 0.3) is 0 Å². The smallest absolute Gasteiger partial charge is 0.305 e. The molecule has 0 N–H and O–H groups in total. The van der Waals surface area contributed by atoms with Gasteiger partial charge in [-0.05, 0) is 12.8 Å². The highest BCUT2D eigenvalue weighted by atomic mass is 35.5. The van der Waals surface area contributed by atoms with Crippen LogP contribution in [0.3, 0.4) is 0 Å². The monoisotopic (exact) mass is 266 g/mol. The lowest BCUT2D eigenvalue weighted by Gasteiger charge is -2.21. The molecule has 2 saturated heterocycles. The predicted octanol–water partition coefficient (Wildman–Crippen LogP) is 2.54. The van der Waals surface area contributed by atoms with Gasteiger partial charge in [-0.3, -0.25) is 4.57 Å². The standard InChI is InChI=1S/C10H20ClN2O2P/c1-3-9-7-12(9)16(14,15-6-5-11)13-8-10(13)4-2/h9-10H,3-8H2,1-2H3/t9-,10+,12?,13?,16?. The number of alkyl halides is 1. The molecule has 0 aliphatic carbocycles. The van der Waals surface area contributed by atoms with Crippen molar-refractivity contribution in [2.75, 3.05) is 25.6 Å². The van der Waals surface area contributed by atoms with E-state index in [1.54, 1.807) is 0 Å². The van der Waals surface area contributed by atoms with Crippen molar-refractivity contribution in [2.45, 2.75) is 38.8 Å². The third-order valence-corrected chi connectivity index (χ3v) is 6.25. The van der Waals surface area contributed by atoms with Gasteiger partial charge < -0.3 is 4.52 Å². The number of rotatable bonds is 7. The van der Waals surface area contributed by atoms with Crippen molar-refractivity contribution in [1.29, 1.82) is 0 Å². The van der Waals surface area contributed by atoms with E-state index < -0.39 is 7.67 Å². The highest BCUT2D eigenvalue weighted by Crippen LogP contribution is 2.65. The number of nitrogens with zero attached hydrogens (tertiary/aromatic N) is 2. The molecule has 2 fully saturated rings. The minimum atomic E-state index is -2.72. The van der Waals surface area contributed by atoms with Gasteiger partial charge in [-0.2, -0.15) is 0 Å². The highest BCUT2D eigenvalue weighted by Gasteiger charge is 2.57. The van der Waals surface area contributed by atoms with Crippen molar-refractivity contribution in [2.24, 2.45) is 0 Å². The summed E-state index contributed by atoms with van der Waals surface area (Å²) >= 11 is 5.62. The predicted molar refractivity (Wildman–Crippen MR) is 65.8 cm³/mol. The van der Waals surface area contributed by atoms with E-state index in [1.807, 2.05) is 9.34 Å². The van der Waals surface area contributed by atoms with Crippen LogP contribution >= 0.6 is 19.3 Å². The third-order valence-electron chi connectivity index (χ3n) is 3.30. The van der Waals surface area contributed by atoms with Gasteiger partial charge in [0, 0.05) is 31.1 Å². The van der Waals surface area contributed by atoms with Gasteiger partial charge in [-0.1, -0.05) is 13.8 Å². The normalized spacial score (nSPS) is 40.4. The molecule has 5 atom stereocenters. The van der Waals surface area contributed by atoms with E-state index in [4.69, 9.17) is 16.1 Å². The molecule has 0 radical (unpaired) electrons. The Morgan fingerprint density at radius 1 is 1.25 bits per heavy atom. The summed E-state index contributed by atoms with van der Waals surface area (Å²) in [7, 11) is -2.72. The van der Waals surface area contributed by atoms with Crippen LogP contribution in [0.15, 0.2) is 0 Å². The zero-order chi connectivity index (χ0) is 11.8. The largest absolute Gasteiger partial charge is 0.346 e. The fraction of sp³-hybridized carbons (Fsp3) is 1.00. The fourth-order valence-corrected chi connectivity index (χ4v) is 5.13. The van der Waals surface area contributed by atoms with Gasteiger partial charge in [0.05, 0.1) is 6.61 Å². The first-order valence-electron chi connectivity index (χ1n) is 6.02. The first-order chi connectivity index (χ1) is 7.67. The van der Waals surface area contributed by atoms with Crippen LogP contribution in [-0.4, -0.2) is 47.0 Å². The number of halogens is 1. The van der Waals surface area contributed by atoms with Gasteiger partial charge in [0.15, 0.2) is 0 Å². The lowest BCUT2D eigenvalue weighted by molar-refractivity contribution is 0.283. The zero-order valence-corrected chi connectivity index (χ0v) is 11.6. The van der Waals surface area contributed by atoms with E-state index in [1.165, 1.54) is 0 Å². The minimum absolute atomic E-state index is 0.374. The molecular formula is C10H20ClN2O2P. The van der Waals surface area contributed by atoms with E-state index in [2.05, 4.69) is 13.8 Å². The quantitative estimate of drug-likeness (QED) is 0.403. The molecule has 0 aromatic heterocycles. The zero-order valence-electron chi connectivity index (χ0n) is 9.93. The van der Waals surface area contributed by atoms with E-state index in [0.29, 0.717) is 24.6 Å². The summed E-state index contributed by atoms with van der Waals surface area (Å²) in [6.07, 6.45) is 2.08. The van der Waals surface area contributed by atoms with Gasteiger partial charge in [-0.15, -0.1) is 11.6 Å². The number of hydrogen-bond acceptors (Lipinski definition) is 2. The molecule has 4 nitrogen and oxygen atoms in total. The highest BCUT2D eigenvalue weighted by molar-refractivity contribution is 7.54. The minimum Gasteiger partial charge on any atom is -0.305 e. The van der Waals surface area contributed by atoms with Crippen LogP contribution in [0.5, 0.6) is 0 Å². The maximum Gasteiger partial charge on any atom is 0.346 e. The molecule has 16 heavy (non-hydrogen) atoms. The van der Waals surface area contributed by atoms with Crippen molar-refractivity contribution in [3.05, 3.63) is 0 Å². The molecule has 0 aromatic rings. The topological polar surface area (TPSA) is 32.3 Å². The molecule has 2 heterocycles. The maximum absolute atomic E-state index is 12.8. The van der Waals surface area contributed by atoms with Crippen LogP contribution in [0.1, 0.15) is 26.7 Å². The fourth-order valence-electron chi connectivity index (χ4n) is 2.09. The molecule has 2 aliphatic heterocycles. The van der Waals surface area contributed by atoms with E-state index in [9.17, 15) is 4.57 Å². The Morgan fingerprint density at radius 3 is 2.06 bits per heavy atom. The Bertz CT molecular complexity index is 281. The SMILES string of the molecule is CC[C@@H]1CN1P(=O)(OCCCl)N1C[C@@H]1CC. The molecule has 6 heteroatoms. The summed E-state index contributed by atoms with van der Waals surface area (Å²) < 4.78 is 22.4. The average molecular weight is 267 g/mol. The molecule has 2 rings (SSSR count). The van der Waals surface area contributed by atoms with Crippen molar-refractivity contribution in [3.63, 3.8) is 0 Å². The van der Waals surface area contributed by atoms with Gasteiger partial charge in [-0.25, -0.2) is 9.34 Å².